The van der Waals surface area contributed by atoms with Crippen molar-refractivity contribution in [2.45, 2.75) is 44.3 Å². The van der Waals surface area contributed by atoms with Gasteiger partial charge in [0.25, 0.3) is 0 Å². The zero-order valence-electron chi connectivity index (χ0n) is 12.4. The maximum Gasteiger partial charge on any atom is 0.167 e. The lowest BCUT2D eigenvalue weighted by Gasteiger charge is -2.43. The van der Waals surface area contributed by atoms with Crippen LogP contribution in [0.5, 0.6) is 5.75 Å². The molecule has 116 valence electrons. The van der Waals surface area contributed by atoms with Gasteiger partial charge in [0.2, 0.25) is 0 Å². The molecule has 2 heterocycles. The summed E-state index contributed by atoms with van der Waals surface area (Å²) in [4.78, 5) is 0. The normalized spacial score (nSPS) is 25.0. The van der Waals surface area contributed by atoms with Crippen molar-refractivity contribution in [3.63, 3.8) is 0 Å². The zero-order chi connectivity index (χ0) is 14.9. The molecule has 0 amide bonds. The van der Waals surface area contributed by atoms with Crippen molar-refractivity contribution in [2.24, 2.45) is 0 Å². The summed E-state index contributed by atoms with van der Waals surface area (Å²) >= 11 is 1.98. The fraction of sp³-hybridized carbons (Fsp3) is 0.625. The predicted octanol–water partition coefficient (Wildman–Crippen LogP) is 3.54. The fourth-order valence-electron chi connectivity index (χ4n) is 3.12. The van der Waals surface area contributed by atoms with Crippen LogP contribution in [-0.2, 0) is 4.74 Å². The molecule has 2 saturated heterocycles. The van der Waals surface area contributed by atoms with E-state index in [0.717, 1.165) is 42.8 Å². The highest BCUT2D eigenvalue weighted by atomic mass is 32.2. The second-order valence-electron chi connectivity index (χ2n) is 6.02. The highest BCUT2D eigenvalue weighted by Gasteiger charge is 2.39. The Morgan fingerprint density at radius 1 is 1.38 bits per heavy atom. The first-order valence-electron chi connectivity index (χ1n) is 7.52. The van der Waals surface area contributed by atoms with Crippen molar-refractivity contribution in [1.29, 1.82) is 0 Å². The van der Waals surface area contributed by atoms with E-state index in [1.807, 2.05) is 18.7 Å². The molecule has 3 nitrogen and oxygen atoms in total. The molecule has 0 saturated carbocycles. The Hall–Kier alpha value is -0.940. The van der Waals surface area contributed by atoms with E-state index < -0.39 is 0 Å². The van der Waals surface area contributed by atoms with Gasteiger partial charge < -0.3 is 15.2 Å². The first kappa shape index (κ1) is 15.0. The van der Waals surface area contributed by atoms with E-state index in [0.29, 0.717) is 18.0 Å². The standard InChI is InChI=1S/C16H22FNO2S/c1-11-8-15(13(17)9-14(11)18)20-12-2-5-19-16(10-12)3-6-21-7-4-16/h8-9,12H,2-7,10,18H2,1H3. The molecule has 1 aromatic carbocycles. The fourth-order valence-corrected chi connectivity index (χ4v) is 4.35. The molecule has 1 unspecified atom stereocenters. The molecule has 2 N–H and O–H groups in total. The molecule has 0 bridgehead atoms. The molecule has 0 aliphatic carbocycles. The van der Waals surface area contributed by atoms with Crippen LogP contribution in [0.25, 0.3) is 0 Å². The number of aryl methyl sites for hydroxylation is 1. The number of hydrogen-bond acceptors (Lipinski definition) is 4. The number of thioether (sulfide) groups is 1. The second kappa shape index (κ2) is 6.05. The summed E-state index contributed by atoms with van der Waals surface area (Å²) in [5, 5.41) is 0. The third kappa shape index (κ3) is 3.29. The lowest BCUT2D eigenvalue weighted by molar-refractivity contribution is -0.116. The number of ether oxygens (including phenoxy) is 2. The van der Waals surface area contributed by atoms with Crippen LogP contribution >= 0.6 is 11.8 Å². The van der Waals surface area contributed by atoms with Gasteiger partial charge in [0.15, 0.2) is 11.6 Å². The van der Waals surface area contributed by atoms with E-state index in [4.69, 9.17) is 15.2 Å². The van der Waals surface area contributed by atoms with Crippen LogP contribution in [0, 0.1) is 12.7 Å². The summed E-state index contributed by atoms with van der Waals surface area (Å²) in [5.41, 5.74) is 6.98. The van der Waals surface area contributed by atoms with E-state index in [9.17, 15) is 4.39 Å². The third-order valence-electron chi connectivity index (χ3n) is 4.47. The van der Waals surface area contributed by atoms with E-state index >= 15 is 0 Å². The molecule has 1 spiro atoms. The van der Waals surface area contributed by atoms with Crippen LogP contribution in [0.2, 0.25) is 0 Å². The van der Waals surface area contributed by atoms with Crippen LogP contribution in [0.3, 0.4) is 0 Å². The molecule has 1 aromatic rings. The summed E-state index contributed by atoms with van der Waals surface area (Å²) in [6.45, 7) is 2.57. The third-order valence-corrected chi connectivity index (χ3v) is 5.45. The van der Waals surface area contributed by atoms with Gasteiger partial charge in [0, 0.05) is 24.6 Å². The predicted molar refractivity (Wildman–Crippen MR) is 84.4 cm³/mol. The molecular formula is C16H22FNO2S. The lowest BCUT2D eigenvalue weighted by atomic mass is 9.86. The van der Waals surface area contributed by atoms with Crippen LogP contribution in [0.15, 0.2) is 12.1 Å². The Morgan fingerprint density at radius 2 is 2.14 bits per heavy atom. The first-order valence-corrected chi connectivity index (χ1v) is 8.67. The number of anilines is 1. The van der Waals surface area contributed by atoms with Crippen molar-refractivity contribution < 1.29 is 13.9 Å². The molecule has 2 fully saturated rings. The first-order chi connectivity index (χ1) is 10.1. The number of nitrogens with two attached hydrogens (primary N) is 1. The summed E-state index contributed by atoms with van der Waals surface area (Å²) in [7, 11) is 0. The van der Waals surface area contributed by atoms with Crippen molar-refractivity contribution in [1.82, 2.24) is 0 Å². The molecule has 21 heavy (non-hydrogen) atoms. The van der Waals surface area contributed by atoms with Gasteiger partial charge in [-0.15, -0.1) is 0 Å². The summed E-state index contributed by atoms with van der Waals surface area (Å²) in [6.07, 6.45) is 3.84. The number of nitrogen functional groups attached to an aromatic ring is 1. The van der Waals surface area contributed by atoms with Gasteiger partial charge in [-0.2, -0.15) is 11.8 Å². The summed E-state index contributed by atoms with van der Waals surface area (Å²) in [5.74, 6) is 2.22. The monoisotopic (exact) mass is 311 g/mol. The average molecular weight is 311 g/mol. The van der Waals surface area contributed by atoms with E-state index in [-0.39, 0.29) is 17.5 Å². The van der Waals surface area contributed by atoms with Crippen LogP contribution in [0.1, 0.15) is 31.2 Å². The van der Waals surface area contributed by atoms with Crippen molar-refractivity contribution >= 4 is 17.4 Å². The van der Waals surface area contributed by atoms with Crippen molar-refractivity contribution in [2.75, 3.05) is 23.8 Å². The molecule has 2 aliphatic heterocycles. The Bertz CT molecular complexity index is 512. The van der Waals surface area contributed by atoms with Gasteiger partial charge in [0.1, 0.15) is 6.10 Å². The maximum atomic E-state index is 14.0. The van der Waals surface area contributed by atoms with E-state index in [2.05, 4.69) is 0 Å². The van der Waals surface area contributed by atoms with Crippen molar-refractivity contribution in [3.05, 3.63) is 23.5 Å². The Kier molecular flexibility index (Phi) is 4.31. The van der Waals surface area contributed by atoms with Crippen LogP contribution < -0.4 is 10.5 Å². The Morgan fingerprint density at radius 3 is 2.90 bits per heavy atom. The van der Waals surface area contributed by atoms with E-state index in [1.165, 1.54) is 6.07 Å². The van der Waals surface area contributed by atoms with Crippen molar-refractivity contribution in [3.8, 4) is 5.75 Å². The Balaban J connectivity index is 1.71. The molecular weight excluding hydrogens is 289 g/mol. The minimum absolute atomic E-state index is 0.0272. The second-order valence-corrected chi connectivity index (χ2v) is 7.24. The molecule has 0 aromatic heterocycles. The topological polar surface area (TPSA) is 44.5 Å². The number of rotatable bonds is 2. The smallest absolute Gasteiger partial charge is 0.167 e. The summed E-state index contributed by atoms with van der Waals surface area (Å²) < 4.78 is 26.0. The van der Waals surface area contributed by atoms with Gasteiger partial charge in [-0.3, -0.25) is 0 Å². The van der Waals surface area contributed by atoms with Gasteiger partial charge in [0.05, 0.1) is 12.2 Å². The number of hydrogen-bond donors (Lipinski definition) is 1. The van der Waals surface area contributed by atoms with E-state index in [1.54, 1.807) is 6.07 Å². The minimum atomic E-state index is -0.377. The summed E-state index contributed by atoms with van der Waals surface area (Å²) in [6, 6.07) is 3.04. The minimum Gasteiger partial charge on any atom is -0.487 e. The molecule has 1 atom stereocenters. The van der Waals surface area contributed by atoms with Crippen LogP contribution in [-0.4, -0.2) is 29.8 Å². The van der Waals surface area contributed by atoms with Gasteiger partial charge in [-0.05, 0) is 42.9 Å². The largest absolute Gasteiger partial charge is 0.487 e. The molecule has 5 heteroatoms. The molecule has 2 aliphatic rings. The number of benzene rings is 1. The highest BCUT2D eigenvalue weighted by molar-refractivity contribution is 7.99. The SMILES string of the molecule is Cc1cc(OC2CCOC3(CCSCC3)C2)c(F)cc1N. The molecule has 3 rings (SSSR count). The quantitative estimate of drug-likeness (QED) is 0.849. The van der Waals surface area contributed by atoms with Gasteiger partial charge in [-0.25, -0.2) is 4.39 Å². The Labute approximate surface area is 129 Å². The van der Waals surface area contributed by atoms with Crippen LogP contribution in [0.4, 0.5) is 10.1 Å². The zero-order valence-corrected chi connectivity index (χ0v) is 13.2. The van der Waals surface area contributed by atoms with Gasteiger partial charge in [-0.1, -0.05) is 0 Å². The highest BCUT2D eigenvalue weighted by Crippen LogP contribution is 2.39. The maximum absolute atomic E-state index is 14.0. The van der Waals surface area contributed by atoms with Gasteiger partial charge >= 0.3 is 0 Å². The lowest BCUT2D eigenvalue weighted by Crippen LogP contribution is -2.46. The number of halogens is 1. The average Bonchev–Trinajstić information content (AvgIpc) is 2.46. The molecule has 0 radical (unpaired) electrons.